The Labute approximate surface area is 96.3 Å². The normalized spacial score (nSPS) is 27.5. The number of aromatic amines is 1. The number of hydrogen-bond donors (Lipinski definition) is 3. The molecule has 0 saturated heterocycles. The SMILES string of the molecule is CC1C(CO)C1n1cnc2c(=O)[nH]c(N)nc21. The van der Waals surface area contributed by atoms with E-state index in [-0.39, 0.29) is 35.6 Å². The molecule has 0 bridgehead atoms. The molecule has 90 valence electrons. The lowest BCUT2D eigenvalue weighted by Crippen LogP contribution is -2.12. The quantitative estimate of drug-likeness (QED) is 0.650. The molecule has 0 amide bonds. The zero-order valence-corrected chi connectivity index (χ0v) is 9.29. The van der Waals surface area contributed by atoms with Gasteiger partial charge in [-0.15, -0.1) is 0 Å². The third-order valence-corrected chi connectivity index (χ3v) is 3.49. The van der Waals surface area contributed by atoms with E-state index in [1.807, 2.05) is 11.5 Å². The van der Waals surface area contributed by atoms with Crippen molar-refractivity contribution in [3.05, 3.63) is 16.7 Å². The summed E-state index contributed by atoms with van der Waals surface area (Å²) in [7, 11) is 0. The van der Waals surface area contributed by atoms with Gasteiger partial charge in [-0.1, -0.05) is 6.92 Å². The van der Waals surface area contributed by atoms with Crippen LogP contribution in [0.15, 0.2) is 11.1 Å². The van der Waals surface area contributed by atoms with Gasteiger partial charge in [0, 0.05) is 18.6 Å². The van der Waals surface area contributed by atoms with Crippen LogP contribution in [0.5, 0.6) is 0 Å². The lowest BCUT2D eigenvalue weighted by Gasteiger charge is -2.01. The van der Waals surface area contributed by atoms with Crippen molar-refractivity contribution in [2.45, 2.75) is 13.0 Å². The molecule has 1 saturated carbocycles. The minimum atomic E-state index is -0.333. The Bertz CT molecular complexity index is 631. The molecule has 7 heteroatoms. The van der Waals surface area contributed by atoms with Gasteiger partial charge in [0.05, 0.1) is 6.33 Å². The average Bonchev–Trinajstić information content (AvgIpc) is 2.73. The van der Waals surface area contributed by atoms with E-state index >= 15 is 0 Å². The molecule has 3 atom stereocenters. The molecule has 2 aromatic heterocycles. The van der Waals surface area contributed by atoms with Crippen molar-refractivity contribution in [1.82, 2.24) is 19.5 Å². The average molecular weight is 235 g/mol. The standard InChI is InChI=1S/C10H13N5O2/c1-4-5(2-16)7(4)15-3-12-6-8(15)13-10(11)14-9(6)17/h3-5,7,16H,2H2,1H3,(H3,11,13,14,17). The highest BCUT2D eigenvalue weighted by atomic mass is 16.3. The zero-order chi connectivity index (χ0) is 12.2. The summed E-state index contributed by atoms with van der Waals surface area (Å²) in [5, 5.41) is 9.18. The number of nitrogen functional groups attached to an aromatic ring is 1. The van der Waals surface area contributed by atoms with Gasteiger partial charge in [0.25, 0.3) is 5.56 Å². The second-order valence-corrected chi connectivity index (χ2v) is 4.47. The molecule has 3 unspecified atom stereocenters. The Morgan fingerprint density at radius 2 is 2.41 bits per heavy atom. The fourth-order valence-corrected chi connectivity index (χ4v) is 2.42. The fraction of sp³-hybridized carbons (Fsp3) is 0.500. The van der Waals surface area contributed by atoms with Crippen LogP contribution in [0.2, 0.25) is 0 Å². The number of aromatic nitrogens is 4. The maximum Gasteiger partial charge on any atom is 0.280 e. The van der Waals surface area contributed by atoms with Crippen molar-refractivity contribution in [3.63, 3.8) is 0 Å². The van der Waals surface area contributed by atoms with Crippen molar-refractivity contribution >= 4 is 17.1 Å². The number of aliphatic hydroxyl groups excluding tert-OH is 1. The van der Waals surface area contributed by atoms with E-state index in [9.17, 15) is 9.90 Å². The lowest BCUT2D eigenvalue weighted by molar-refractivity contribution is 0.265. The van der Waals surface area contributed by atoms with Gasteiger partial charge in [-0.2, -0.15) is 4.98 Å². The Hall–Kier alpha value is -1.89. The second kappa shape index (κ2) is 3.30. The smallest absolute Gasteiger partial charge is 0.280 e. The number of imidazole rings is 1. The molecule has 0 aliphatic heterocycles. The van der Waals surface area contributed by atoms with E-state index in [4.69, 9.17) is 5.73 Å². The Kier molecular flexibility index (Phi) is 1.99. The van der Waals surface area contributed by atoms with Gasteiger partial charge in [0.15, 0.2) is 11.2 Å². The van der Waals surface area contributed by atoms with Crippen LogP contribution in [0.3, 0.4) is 0 Å². The lowest BCUT2D eigenvalue weighted by atomic mass is 10.4. The van der Waals surface area contributed by atoms with Crippen molar-refractivity contribution in [3.8, 4) is 0 Å². The molecule has 17 heavy (non-hydrogen) atoms. The number of nitrogens with one attached hydrogen (secondary N) is 1. The van der Waals surface area contributed by atoms with E-state index in [1.54, 1.807) is 6.33 Å². The number of hydrogen-bond acceptors (Lipinski definition) is 5. The summed E-state index contributed by atoms with van der Waals surface area (Å²) in [6.45, 7) is 2.18. The predicted octanol–water partition coefficient (Wildman–Crippen LogP) is -0.499. The monoisotopic (exact) mass is 235 g/mol. The third-order valence-electron chi connectivity index (χ3n) is 3.49. The molecular formula is C10H13N5O2. The van der Waals surface area contributed by atoms with Gasteiger partial charge < -0.3 is 15.4 Å². The minimum Gasteiger partial charge on any atom is -0.396 e. The highest BCUT2D eigenvalue weighted by Crippen LogP contribution is 2.50. The molecule has 2 aromatic rings. The highest BCUT2D eigenvalue weighted by molar-refractivity contribution is 5.70. The van der Waals surface area contributed by atoms with Crippen LogP contribution < -0.4 is 11.3 Å². The minimum absolute atomic E-state index is 0.0816. The Morgan fingerprint density at radius 1 is 1.65 bits per heavy atom. The van der Waals surface area contributed by atoms with Crippen molar-refractivity contribution < 1.29 is 5.11 Å². The van der Waals surface area contributed by atoms with E-state index in [0.717, 1.165) is 0 Å². The maximum atomic E-state index is 11.6. The van der Waals surface area contributed by atoms with Crippen molar-refractivity contribution in [2.24, 2.45) is 11.8 Å². The molecule has 4 N–H and O–H groups in total. The van der Waals surface area contributed by atoms with E-state index < -0.39 is 0 Å². The van der Waals surface area contributed by atoms with Crippen LogP contribution in [0, 0.1) is 11.8 Å². The van der Waals surface area contributed by atoms with Gasteiger partial charge in [-0.05, 0) is 5.92 Å². The molecule has 1 aliphatic rings. The van der Waals surface area contributed by atoms with E-state index in [2.05, 4.69) is 15.0 Å². The summed E-state index contributed by atoms with van der Waals surface area (Å²) in [6.07, 6.45) is 1.59. The number of aliphatic hydroxyl groups is 1. The van der Waals surface area contributed by atoms with Crippen LogP contribution in [0.1, 0.15) is 13.0 Å². The van der Waals surface area contributed by atoms with Gasteiger partial charge in [0.1, 0.15) is 0 Å². The third kappa shape index (κ3) is 1.35. The molecule has 0 spiro atoms. The largest absolute Gasteiger partial charge is 0.396 e. The maximum absolute atomic E-state index is 11.6. The molecule has 3 rings (SSSR count). The molecule has 1 fully saturated rings. The summed E-state index contributed by atoms with van der Waals surface area (Å²) < 4.78 is 1.83. The molecule has 0 aromatic carbocycles. The topological polar surface area (TPSA) is 110 Å². The summed E-state index contributed by atoms with van der Waals surface area (Å²) in [6, 6.07) is 0.152. The Balaban J connectivity index is 2.16. The molecule has 7 nitrogen and oxygen atoms in total. The van der Waals surface area contributed by atoms with Crippen LogP contribution in [0.4, 0.5) is 5.95 Å². The first-order valence-electron chi connectivity index (χ1n) is 5.46. The van der Waals surface area contributed by atoms with E-state index in [1.165, 1.54) is 0 Å². The van der Waals surface area contributed by atoms with Gasteiger partial charge >= 0.3 is 0 Å². The number of H-pyrrole nitrogens is 1. The molecule has 1 aliphatic carbocycles. The second-order valence-electron chi connectivity index (χ2n) is 4.47. The van der Waals surface area contributed by atoms with E-state index in [0.29, 0.717) is 11.6 Å². The summed E-state index contributed by atoms with van der Waals surface area (Å²) in [5.74, 6) is 0.646. The number of nitrogens with zero attached hydrogens (tertiary/aromatic N) is 3. The van der Waals surface area contributed by atoms with Gasteiger partial charge in [0.2, 0.25) is 5.95 Å². The predicted molar refractivity (Wildman–Crippen MR) is 61.3 cm³/mol. The van der Waals surface area contributed by atoms with Crippen LogP contribution in [-0.4, -0.2) is 31.2 Å². The number of rotatable bonds is 2. The first-order valence-corrected chi connectivity index (χ1v) is 5.46. The van der Waals surface area contributed by atoms with Crippen molar-refractivity contribution in [2.75, 3.05) is 12.3 Å². The number of nitrogens with two attached hydrogens (primary N) is 1. The molecule has 0 radical (unpaired) electrons. The van der Waals surface area contributed by atoms with Crippen LogP contribution >= 0.6 is 0 Å². The van der Waals surface area contributed by atoms with Crippen LogP contribution in [0.25, 0.3) is 11.2 Å². The highest BCUT2D eigenvalue weighted by Gasteiger charge is 2.48. The first kappa shape index (κ1) is 10.3. The van der Waals surface area contributed by atoms with Gasteiger partial charge in [-0.3, -0.25) is 9.78 Å². The number of anilines is 1. The molecule has 2 heterocycles. The number of fused-ring (bicyclic) bond motifs is 1. The zero-order valence-electron chi connectivity index (χ0n) is 9.29. The van der Waals surface area contributed by atoms with Gasteiger partial charge in [-0.25, -0.2) is 4.98 Å². The molecular weight excluding hydrogens is 222 g/mol. The summed E-state index contributed by atoms with van der Waals surface area (Å²) in [5.41, 5.74) is 5.96. The fourth-order valence-electron chi connectivity index (χ4n) is 2.42. The van der Waals surface area contributed by atoms with Crippen LogP contribution in [-0.2, 0) is 0 Å². The summed E-state index contributed by atoms with van der Waals surface area (Å²) >= 11 is 0. The summed E-state index contributed by atoms with van der Waals surface area (Å²) in [4.78, 5) is 22.1. The first-order chi connectivity index (χ1) is 8.13. The van der Waals surface area contributed by atoms with Crippen molar-refractivity contribution in [1.29, 1.82) is 0 Å². The Morgan fingerprint density at radius 3 is 3.06 bits per heavy atom.